The Morgan fingerprint density at radius 3 is 0.279 bits per heavy atom. The standard InChI is InChI=1S/14Na.3H6O18P6/c;;;;;;;;;;;;;;3*1-19(2)13-20(3,4)15-22(7,8)17-24(11,12)18-23(9,10)16-21(5,6)14-19/h;;;;;;;;;;;;;;3*(H,1,2)(H,3,4)(H,5,6)(H,7,8)(H,9,10)(H,11,12)/q14*+1;;;/p-14. The third kappa shape index (κ3) is 64.4. The van der Waals surface area contributed by atoms with Crippen molar-refractivity contribution in [2.45, 2.75) is 0 Å². The van der Waals surface area contributed by atoms with E-state index in [1.165, 1.54) is 0 Å². The summed E-state index contributed by atoms with van der Waals surface area (Å²) in [7, 11) is -116. The molecule has 54 nitrogen and oxygen atoms in total. The van der Waals surface area contributed by atoms with Gasteiger partial charge < -0.3 is 88.1 Å². The van der Waals surface area contributed by atoms with Crippen molar-refractivity contribution >= 4 is 141 Å². The van der Waals surface area contributed by atoms with Crippen LogP contribution in [0.15, 0.2) is 0 Å². The van der Waals surface area contributed by atoms with Gasteiger partial charge in [0.1, 0.15) is 0 Å². The molecule has 0 amide bonds. The summed E-state index contributed by atoms with van der Waals surface area (Å²) in [6.07, 6.45) is 0. The molecule has 0 radical (unpaired) electrons. The molecule has 3 saturated heterocycles. The molecule has 432 valence electrons. The topological polar surface area (TPSA) is 877 Å². The van der Waals surface area contributed by atoms with E-state index in [1.807, 2.05) is 0 Å². The largest absolute Gasteiger partial charge is 1.00 e. The Morgan fingerprint density at radius 2 is 0.198 bits per heavy atom. The molecular weight excluding hydrogens is 1740 g/mol. The summed E-state index contributed by atoms with van der Waals surface area (Å²) in [5.74, 6) is 0. The molecule has 86 heavy (non-hydrogen) atoms. The van der Waals surface area contributed by atoms with Crippen LogP contribution in [-0.2, 0) is 160 Å². The summed E-state index contributed by atoms with van der Waals surface area (Å²) >= 11 is 0. The molecule has 0 spiro atoms. The first-order valence-electron chi connectivity index (χ1n) is 13.2. The summed E-state index contributed by atoms with van der Waals surface area (Å²) < 4.78 is 252. The molecule has 0 aromatic rings. The van der Waals surface area contributed by atoms with Crippen LogP contribution in [0, 0.1) is 0 Å². The van der Waals surface area contributed by atoms with Crippen LogP contribution in [0.2, 0.25) is 0 Å². The third-order valence-corrected chi connectivity index (χ3v) is 32.6. The van der Waals surface area contributed by atoms with Crippen molar-refractivity contribution in [3.63, 3.8) is 0 Å². The van der Waals surface area contributed by atoms with Crippen molar-refractivity contribution in [1.29, 1.82) is 0 Å². The van der Waals surface area contributed by atoms with E-state index < -0.39 is 141 Å². The zero-order valence-corrected chi connectivity index (χ0v) is 88.4. The second kappa shape index (κ2) is 50.6. The van der Waals surface area contributed by atoms with Gasteiger partial charge in [0.25, 0.3) is 110 Å². The monoisotopic (exact) mass is 1750 g/mol. The SMILES string of the molecule is O=P1([O-])OP(=O)([O-])OP(=O)(O)OP(=O)(O)OP(=O)(O)OP(=O)(O)O1.O=P1([O-])OP(=O)([O-])OP(=O)([O-])OP(=O)([O-])OP(=O)([O-])OP(=O)([O-])O1.O=P1([O-])OP(=O)([O-])OP(=O)([O-])OP(=O)([O-])OP(=O)([O-])OP(=O)([O-])O1.[Na+].[Na+].[Na+].[Na+].[Na+].[Na+].[Na+].[Na+].[Na+].[Na+].[Na+].[Na+].[Na+].[Na+]. The van der Waals surface area contributed by atoms with Gasteiger partial charge in [0.05, 0.1) is 0 Å². The molecule has 4 N–H and O–H groups in total. The molecule has 0 aliphatic carbocycles. The Hall–Kier alpha value is 16.7. The number of rotatable bonds is 0. The number of phosphoric acid groups is 18. The van der Waals surface area contributed by atoms with Crippen LogP contribution in [0.5, 0.6) is 0 Å². The first-order valence-corrected chi connectivity index (χ1v) is 39.6. The predicted octanol–water partition coefficient (Wildman–Crippen LogP) is -48.7. The minimum absolute atomic E-state index is 0. The fourth-order valence-electron chi connectivity index (χ4n) is 2.50. The summed E-state index contributed by atoms with van der Waals surface area (Å²) in [5, 5.41) is 0. The molecule has 0 bridgehead atoms. The fourth-order valence-corrected chi connectivity index (χ4v) is 27.4. The quantitative estimate of drug-likeness (QED) is 0.129. The first kappa shape index (κ1) is 135. The number of hydrogen-bond acceptors (Lipinski definition) is 50. The van der Waals surface area contributed by atoms with Crippen LogP contribution in [0.1, 0.15) is 0 Å². The van der Waals surface area contributed by atoms with Crippen molar-refractivity contribution in [1.82, 2.24) is 0 Å². The first-order chi connectivity index (χ1) is 30.7. The second-order valence-corrected chi connectivity index (χ2v) is 37.6. The van der Waals surface area contributed by atoms with E-state index in [0.29, 0.717) is 0 Å². The zero-order chi connectivity index (χ0) is 57.7. The Balaban J connectivity index is -0.0000000697. The average molecular weight is 1750 g/mol. The molecule has 0 aromatic heterocycles. The van der Waals surface area contributed by atoms with Gasteiger partial charge in [0.2, 0.25) is 0 Å². The second-order valence-electron chi connectivity index (χ2n) is 9.60. The fraction of sp³-hybridized carbons (Fsp3) is 0. The molecular formula is H4Na14O54P18. The summed E-state index contributed by atoms with van der Waals surface area (Å²) in [4.78, 5) is 189. The predicted molar refractivity (Wildman–Crippen MR) is 165 cm³/mol. The smallest absolute Gasteiger partial charge is 0.756 e. The van der Waals surface area contributed by atoms with Gasteiger partial charge in [0, 0.05) is 0 Å². The van der Waals surface area contributed by atoms with E-state index in [2.05, 4.69) is 77.6 Å². The average Bonchev–Trinajstić information content (AvgIpc) is 2.82. The van der Waals surface area contributed by atoms with Gasteiger partial charge in [-0.3, -0.25) is 63.9 Å². The summed E-state index contributed by atoms with van der Waals surface area (Å²) in [5.41, 5.74) is 0. The van der Waals surface area contributed by atoms with Crippen LogP contribution in [0.3, 0.4) is 0 Å². The van der Waals surface area contributed by atoms with E-state index in [-0.39, 0.29) is 414 Å². The third-order valence-electron chi connectivity index (χ3n) is 3.63. The van der Waals surface area contributed by atoms with Crippen molar-refractivity contribution in [2.75, 3.05) is 0 Å². The van der Waals surface area contributed by atoms with E-state index in [0.717, 1.165) is 0 Å². The van der Waals surface area contributed by atoms with E-state index in [9.17, 15) is 151 Å². The molecule has 3 fully saturated rings. The van der Waals surface area contributed by atoms with Gasteiger partial charge in [-0.15, -0.1) is 0 Å². The normalized spacial score (nSPS) is 46.3. The molecule has 0 saturated carbocycles. The van der Waals surface area contributed by atoms with Gasteiger partial charge in [-0.2, -0.15) is 12.9 Å². The molecule has 3 heterocycles. The summed E-state index contributed by atoms with van der Waals surface area (Å²) in [6, 6.07) is 0. The maximum Gasteiger partial charge on any atom is 1.00 e. The van der Waals surface area contributed by atoms with E-state index >= 15 is 0 Å². The molecule has 3 aliphatic heterocycles. The van der Waals surface area contributed by atoms with Crippen LogP contribution in [-0.4, -0.2) is 19.6 Å². The maximum absolute atomic E-state index is 11.2. The van der Waals surface area contributed by atoms with Crippen molar-refractivity contribution in [3.8, 4) is 0 Å². The Morgan fingerprint density at radius 1 is 0.140 bits per heavy atom. The van der Waals surface area contributed by atoms with Gasteiger partial charge in [-0.25, -0.2) is 82.9 Å². The molecule has 0 aromatic carbocycles. The molecule has 3 aliphatic rings. The van der Waals surface area contributed by atoms with Crippen LogP contribution in [0.4, 0.5) is 0 Å². The van der Waals surface area contributed by atoms with Gasteiger partial charge in [-0.1, -0.05) is 0 Å². The van der Waals surface area contributed by atoms with Gasteiger partial charge in [0.15, 0.2) is 0 Å². The summed E-state index contributed by atoms with van der Waals surface area (Å²) in [6.45, 7) is 0. The number of hydrogen-bond donors (Lipinski definition) is 4. The van der Waals surface area contributed by atoms with Gasteiger partial charge >= 0.3 is 445 Å². The molecule has 6 atom stereocenters. The van der Waals surface area contributed by atoms with Crippen LogP contribution >= 0.6 is 141 Å². The van der Waals surface area contributed by atoms with Gasteiger partial charge in [-0.05, 0) is 0 Å². The maximum atomic E-state index is 11.2. The van der Waals surface area contributed by atoms with Crippen molar-refractivity contribution in [2.24, 2.45) is 0 Å². The Labute approximate surface area is 785 Å². The van der Waals surface area contributed by atoms with E-state index in [4.69, 9.17) is 19.6 Å². The molecule has 86 heteroatoms. The Kier molecular flexibility index (Phi) is 79.5. The van der Waals surface area contributed by atoms with Crippen molar-refractivity contribution in [3.05, 3.63) is 0 Å². The Bertz CT molecular complexity index is 2090. The van der Waals surface area contributed by atoms with Crippen molar-refractivity contribution < 1.29 is 662 Å². The minimum Gasteiger partial charge on any atom is -0.756 e. The van der Waals surface area contributed by atoms with Crippen LogP contribution < -0.4 is 482 Å². The van der Waals surface area contributed by atoms with Crippen LogP contribution in [0.25, 0.3) is 0 Å². The molecule has 3 rings (SSSR count). The van der Waals surface area contributed by atoms with E-state index in [1.54, 1.807) is 0 Å². The zero-order valence-electron chi connectivity index (χ0n) is 44.3. The molecule has 6 unspecified atom stereocenters. The minimum atomic E-state index is -6.56.